The molecule has 2 N–H and O–H groups in total. The Kier molecular flexibility index (Phi) is 3.36. The van der Waals surface area contributed by atoms with Crippen LogP contribution in [0.15, 0.2) is 0 Å². The molecule has 0 radical (unpaired) electrons. The van der Waals surface area contributed by atoms with Crippen molar-refractivity contribution >= 4 is 5.97 Å². The summed E-state index contributed by atoms with van der Waals surface area (Å²) in [4.78, 5) is 10.2. The summed E-state index contributed by atoms with van der Waals surface area (Å²) in [6.07, 6.45) is 4.72. The lowest BCUT2D eigenvalue weighted by Crippen LogP contribution is -2.34. The molecule has 1 saturated heterocycles. The molecule has 0 aromatic carbocycles. The molecule has 11 heavy (non-hydrogen) atoms. The lowest BCUT2D eigenvalue weighted by molar-refractivity contribution is -0.137. The van der Waals surface area contributed by atoms with Gasteiger partial charge in [0, 0.05) is 12.5 Å². The summed E-state index contributed by atoms with van der Waals surface area (Å²) < 4.78 is 0. The summed E-state index contributed by atoms with van der Waals surface area (Å²) in [5.41, 5.74) is 0. The lowest BCUT2D eigenvalue weighted by atomic mass is 10.0. The molecule has 1 rings (SSSR count). The summed E-state index contributed by atoms with van der Waals surface area (Å²) >= 11 is 0. The quantitative estimate of drug-likeness (QED) is 0.642. The summed E-state index contributed by atoms with van der Waals surface area (Å²) in [5.74, 6) is -0.683. The second-order valence-electron chi connectivity index (χ2n) is 3.08. The molecule has 1 aliphatic rings. The van der Waals surface area contributed by atoms with E-state index in [0.717, 1.165) is 19.4 Å². The number of hydrogen-bond donors (Lipinski definition) is 2. The van der Waals surface area contributed by atoms with Gasteiger partial charge in [-0.15, -0.1) is 0 Å². The molecular weight excluding hydrogens is 142 g/mol. The SMILES string of the molecule is O=C(O)CC[C@@H]1CCCCN1. The first-order chi connectivity index (χ1) is 5.29. The Hall–Kier alpha value is -0.570. The predicted octanol–water partition coefficient (Wildman–Crippen LogP) is 0.993. The molecule has 0 unspecified atom stereocenters. The number of aliphatic carboxylic acids is 1. The highest BCUT2D eigenvalue weighted by Gasteiger charge is 2.12. The van der Waals surface area contributed by atoms with Crippen molar-refractivity contribution in [1.82, 2.24) is 5.32 Å². The van der Waals surface area contributed by atoms with Crippen molar-refractivity contribution in [2.45, 2.75) is 38.1 Å². The lowest BCUT2D eigenvalue weighted by Gasteiger charge is -2.22. The van der Waals surface area contributed by atoms with Crippen molar-refractivity contribution in [1.29, 1.82) is 0 Å². The molecule has 0 aromatic rings. The molecule has 0 aromatic heterocycles. The number of hydrogen-bond acceptors (Lipinski definition) is 2. The molecule has 1 heterocycles. The van der Waals surface area contributed by atoms with Crippen LogP contribution in [0.1, 0.15) is 32.1 Å². The molecule has 0 aliphatic carbocycles. The Balaban J connectivity index is 2.09. The second kappa shape index (κ2) is 4.34. The van der Waals surface area contributed by atoms with Crippen LogP contribution in [-0.2, 0) is 4.79 Å². The van der Waals surface area contributed by atoms with Crippen LogP contribution in [0, 0.1) is 0 Å². The van der Waals surface area contributed by atoms with Crippen LogP contribution < -0.4 is 5.32 Å². The van der Waals surface area contributed by atoms with E-state index in [2.05, 4.69) is 5.32 Å². The normalized spacial score (nSPS) is 24.9. The van der Waals surface area contributed by atoms with Gasteiger partial charge in [-0.3, -0.25) is 4.79 Å². The minimum absolute atomic E-state index is 0.303. The molecule has 3 nitrogen and oxygen atoms in total. The van der Waals surface area contributed by atoms with Gasteiger partial charge in [-0.25, -0.2) is 0 Å². The largest absolute Gasteiger partial charge is 0.481 e. The smallest absolute Gasteiger partial charge is 0.303 e. The van der Waals surface area contributed by atoms with Crippen molar-refractivity contribution in [2.24, 2.45) is 0 Å². The van der Waals surface area contributed by atoms with Gasteiger partial charge in [0.25, 0.3) is 0 Å². The van der Waals surface area contributed by atoms with Gasteiger partial charge >= 0.3 is 5.97 Å². The van der Waals surface area contributed by atoms with Crippen LogP contribution in [0.2, 0.25) is 0 Å². The first-order valence-corrected chi connectivity index (χ1v) is 4.24. The first-order valence-electron chi connectivity index (χ1n) is 4.24. The van der Waals surface area contributed by atoms with Gasteiger partial charge in [0.15, 0.2) is 0 Å². The van der Waals surface area contributed by atoms with Gasteiger partial charge in [-0.2, -0.15) is 0 Å². The Morgan fingerprint density at radius 2 is 2.36 bits per heavy atom. The molecule has 0 saturated carbocycles. The number of carboxylic acids is 1. The molecular formula is C8H15NO2. The Labute approximate surface area is 66.8 Å². The molecule has 0 amide bonds. The highest BCUT2D eigenvalue weighted by Crippen LogP contribution is 2.11. The van der Waals surface area contributed by atoms with E-state index in [9.17, 15) is 4.79 Å². The molecule has 1 aliphatic heterocycles. The highest BCUT2D eigenvalue weighted by molar-refractivity contribution is 5.66. The van der Waals surface area contributed by atoms with Gasteiger partial charge in [0.05, 0.1) is 0 Å². The van der Waals surface area contributed by atoms with E-state index in [1.807, 2.05) is 0 Å². The summed E-state index contributed by atoms with van der Waals surface area (Å²) in [6.45, 7) is 1.06. The molecule has 64 valence electrons. The van der Waals surface area contributed by atoms with Gasteiger partial charge < -0.3 is 10.4 Å². The number of rotatable bonds is 3. The number of piperidine rings is 1. The molecule has 1 fully saturated rings. The van der Waals surface area contributed by atoms with Crippen LogP contribution in [0.4, 0.5) is 0 Å². The molecule has 1 atom stereocenters. The second-order valence-corrected chi connectivity index (χ2v) is 3.08. The predicted molar refractivity (Wildman–Crippen MR) is 42.5 cm³/mol. The maximum absolute atomic E-state index is 10.2. The summed E-state index contributed by atoms with van der Waals surface area (Å²) in [5, 5.41) is 11.7. The Bertz CT molecular complexity index is 130. The van der Waals surface area contributed by atoms with Crippen LogP contribution in [0.3, 0.4) is 0 Å². The van der Waals surface area contributed by atoms with E-state index >= 15 is 0 Å². The molecule has 0 bridgehead atoms. The Morgan fingerprint density at radius 3 is 2.91 bits per heavy atom. The van der Waals surface area contributed by atoms with Crippen LogP contribution >= 0.6 is 0 Å². The van der Waals surface area contributed by atoms with E-state index in [-0.39, 0.29) is 0 Å². The number of carboxylic acid groups (broad SMARTS) is 1. The van der Waals surface area contributed by atoms with Crippen molar-refractivity contribution in [3.8, 4) is 0 Å². The standard InChI is InChI=1S/C8H15NO2/c10-8(11)5-4-7-3-1-2-6-9-7/h7,9H,1-6H2,(H,10,11)/t7-/m0/s1. The van der Waals surface area contributed by atoms with Gasteiger partial charge in [0.2, 0.25) is 0 Å². The van der Waals surface area contributed by atoms with E-state index in [1.54, 1.807) is 0 Å². The van der Waals surface area contributed by atoms with Crippen LogP contribution in [0.5, 0.6) is 0 Å². The third-order valence-electron chi connectivity index (χ3n) is 2.12. The third-order valence-corrected chi connectivity index (χ3v) is 2.12. The third kappa shape index (κ3) is 3.37. The maximum atomic E-state index is 10.2. The van der Waals surface area contributed by atoms with Crippen LogP contribution in [0.25, 0.3) is 0 Å². The van der Waals surface area contributed by atoms with E-state index in [0.29, 0.717) is 12.5 Å². The number of carbonyl (C=O) groups is 1. The summed E-state index contributed by atoms with van der Waals surface area (Å²) in [7, 11) is 0. The summed E-state index contributed by atoms with van der Waals surface area (Å²) in [6, 6.07) is 0.458. The molecule has 0 spiro atoms. The first kappa shape index (κ1) is 8.53. The van der Waals surface area contributed by atoms with Crippen molar-refractivity contribution in [2.75, 3.05) is 6.54 Å². The van der Waals surface area contributed by atoms with Gasteiger partial charge in [0.1, 0.15) is 0 Å². The Morgan fingerprint density at radius 1 is 1.55 bits per heavy atom. The zero-order chi connectivity index (χ0) is 8.10. The zero-order valence-electron chi connectivity index (χ0n) is 6.68. The van der Waals surface area contributed by atoms with E-state index < -0.39 is 5.97 Å². The minimum Gasteiger partial charge on any atom is -0.481 e. The van der Waals surface area contributed by atoms with Crippen LogP contribution in [-0.4, -0.2) is 23.7 Å². The average Bonchev–Trinajstić information content (AvgIpc) is 2.03. The maximum Gasteiger partial charge on any atom is 0.303 e. The van der Waals surface area contributed by atoms with E-state index in [1.165, 1.54) is 12.8 Å². The fraction of sp³-hybridized carbons (Fsp3) is 0.875. The fourth-order valence-electron chi connectivity index (χ4n) is 1.47. The van der Waals surface area contributed by atoms with Gasteiger partial charge in [-0.05, 0) is 25.8 Å². The van der Waals surface area contributed by atoms with Crippen molar-refractivity contribution < 1.29 is 9.90 Å². The average molecular weight is 157 g/mol. The number of nitrogens with one attached hydrogen (secondary N) is 1. The fourth-order valence-corrected chi connectivity index (χ4v) is 1.47. The van der Waals surface area contributed by atoms with Gasteiger partial charge in [-0.1, -0.05) is 6.42 Å². The highest BCUT2D eigenvalue weighted by atomic mass is 16.4. The molecule has 3 heteroatoms. The minimum atomic E-state index is -0.683. The monoisotopic (exact) mass is 157 g/mol. The topological polar surface area (TPSA) is 49.3 Å². The van der Waals surface area contributed by atoms with Crippen molar-refractivity contribution in [3.05, 3.63) is 0 Å². The van der Waals surface area contributed by atoms with Crippen molar-refractivity contribution in [3.63, 3.8) is 0 Å². The van der Waals surface area contributed by atoms with E-state index in [4.69, 9.17) is 5.11 Å². The zero-order valence-corrected chi connectivity index (χ0v) is 6.68.